The molecule has 1 fully saturated rings. The normalized spacial score (nSPS) is 22.5. The number of carboxylic acid groups (broad SMARTS) is 2. The van der Waals surface area contributed by atoms with Crippen molar-refractivity contribution in [3.8, 4) is 0 Å². The van der Waals surface area contributed by atoms with Gasteiger partial charge in [-0.3, -0.25) is 9.59 Å². The fourth-order valence-electron chi connectivity index (χ4n) is 2.75. The van der Waals surface area contributed by atoms with Crippen molar-refractivity contribution in [2.24, 2.45) is 11.8 Å². The molecule has 1 saturated carbocycles. The number of nitrogens with one attached hydrogen (secondary N) is 1. The second-order valence-corrected chi connectivity index (χ2v) is 5.17. The van der Waals surface area contributed by atoms with E-state index in [2.05, 4.69) is 5.32 Å². The van der Waals surface area contributed by atoms with E-state index in [9.17, 15) is 19.5 Å². The zero-order chi connectivity index (χ0) is 15.4. The maximum absolute atomic E-state index is 12.2. The van der Waals surface area contributed by atoms with E-state index in [4.69, 9.17) is 5.11 Å². The Bertz CT molecular complexity index is 542. The standard InChI is InChI=1S/C15H17NO5/c17-13(10-7-4-8-11(10)14(18)19)16-12(15(20)21)9-5-2-1-3-6-9/h1-3,5-6,10-12H,4,7-8H2,(H,16,17)(H,18,19)(H,20,21). The lowest BCUT2D eigenvalue weighted by Gasteiger charge is -2.20. The summed E-state index contributed by atoms with van der Waals surface area (Å²) in [6.45, 7) is 0. The highest BCUT2D eigenvalue weighted by atomic mass is 16.4. The van der Waals surface area contributed by atoms with Gasteiger partial charge in [-0.05, 0) is 18.4 Å². The third kappa shape index (κ3) is 3.39. The first-order chi connectivity index (χ1) is 10.0. The van der Waals surface area contributed by atoms with Crippen LogP contribution in [-0.2, 0) is 14.4 Å². The number of aliphatic carboxylic acids is 2. The third-order valence-electron chi connectivity index (χ3n) is 3.84. The minimum absolute atomic E-state index is 0.455. The van der Waals surface area contributed by atoms with E-state index in [1.165, 1.54) is 0 Å². The second kappa shape index (κ2) is 6.39. The van der Waals surface area contributed by atoms with Crippen LogP contribution >= 0.6 is 0 Å². The summed E-state index contributed by atoms with van der Waals surface area (Å²) in [6, 6.07) is 7.20. The van der Waals surface area contributed by atoms with Crippen LogP contribution in [0.15, 0.2) is 30.3 Å². The molecule has 1 amide bonds. The molecule has 0 aliphatic heterocycles. The molecule has 112 valence electrons. The summed E-state index contributed by atoms with van der Waals surface area (Å²) in [5.41, 5.74) is 0.461. The van der Waals surface area contributed by atoms with Crippen molar-refractivity contribution in [2.75, 3.05) is 0 Å². The van der Waals surface area contributed by atoms with Crippen molar-refractivity contribution in [2.45, 2.75) is 25.3 Å². The van der Waals surface area contributed by atoms with Gasteiger partial charge in [-0.1, -0.05) is 36.8 Å². The minimum Gasteiger partial charge on any atom is -0.481 e. The Morgan fingerprint density at radius 2 is 1.67 bits per heavy atom. The van der Waals surface area contributed by atoms with Gasteiger partial charge in [-0.15, -0.1) is 0 Å². The average Bonchev–Trinajstić information content (AvgIpc) is 2.94. The van der Waals surface area contributed by atoms with Gasteiger partial charge in [0, 0.05) is 0 Å². The van der Waals surface area contributed by atoms with Crippen molar-refractivity contribution in [1.82, 2.24) is 5.32 Å². The fraction of sp³-hybridized carbons (Fsp3) is 0.400. The molecule has 1 aromatic carbocycles. The molecular weight excluding hydrogens is 274 g/mol. The van der Waals surface area contributed by atoms with Crippen LogP contribution in [0.25, 0.3) is 0 Å². The number of hydrogen-bond acceptors (Lipinski definition) is 3. The quantitative estimate of drug-likeness (QED) is 0.761. The second-order valence-electron chi connectivity index (χ2n) is 5.17. The van der Waals surface area contributed by atoms with Gasteiger partial charge in [0.05, 0.1) is 11.8 Å². The van der Waals surface area contributed by atoms with Crippen molar-refractivity contribution in [3.05, 3.63) is 35.9 Å². The molecule has 0 bridgehead atoms. The van der Waals surface area contributed by atoms with Gasteiger partial charge >= 0.3 is 11.9 Å². The third-order valence-corrected chi connectivity index (χ3v) is 3.84. The number of amides is 1. The molecule has 6 nitrogen and oxygen atoms in total. The van der Waals surface area contributed by atoms with Crippen LogP contribution in [0.2, 0.25) is 0 Å². The average molecular weight is 291 g/mol. The van der Waals surface area contributed by atoms with Gasteiger partial charge < -0.3 is 15.5 Å². The molecule has 21 heavy (non-hydrogen) atoms. The highest BCUT2D eigenvalue weighted by Gasteiger charge is 2.39. The Labute approximate surface area is 121 Å². The molecule has 0 aromatic heterocycles. The predicted molar refractivity (Wildman–Crippen MR) is 73.4 cm³/mol. The number of hydrogen-bond donors (Lipinski definition) is 3. The van der Waals surface area contributed by atoms with Crippen LogP contribution in [-0.4, -0.2) is 28.1 Å². The van der Waals surface area contributed by atoms with Gasteiger partial charge in [0.2, 0.25) is 5.91 Å². The summed E-state index contributed by atoms with van der Waals surface area (Å²) in [7, 11) is 0. The number of rotatable bonds is 5. The van der Waals surface area contributed by atoms with E-state index in [1.807, 2.05) is 0 Å². The Balaban J connectivity index is 2.12. The molecule has 3 N–H and O–H groups in total. The van der Waals surface area contributed by atoms with Gasteiger partial charge in [0.25, 0.3) is 0 Å². The topological polar surface area (TPSA) is 104 Å². The predicted octanol–water partition coefficient (Wildman–Crippen LogP) is 1.43. The zero-order valence-corrected chi connectivity index (χ0v) is 11.4. The van der Waals surface area contributed by atoms with E-state index < -0.39 is 35.7 Å². The van der Waals surface area contributed by atoms with Crippen LogP contribution < -0.4 is 5.32 Å². The van der Waals surface area contributed by atoms with Gasteiger partial charge in [0.15, 0.2) is 6.04 Å². The van der Waals surface area contributed by atoms with Crippen LogP contribution in [0.1, 0.15) is 30.9 Å². The van der Waals surface area contributed by atoms with Crippen molar-refractivity contribution >= 4 is 17.8 Å². The molecule has 6 heteroatoms. The van der Waals surface area contributed by atoms with Crippen molar-refractivity contribution in [3.63, 3.8) is 0 Å². The molecule has 2 rings (SSSR count). The summed E-state index contributed by atoms with van der Waals surface area (Å²) in [5, 5.41) is 20.8. The largest absolute Gasteiger partial charge is 0.481 e. The molecular formula is C15H17NO5. The van der Waals surface area contributed by atoms with Crippen LogP contribution in [0.4, 0.5) is 0 Å². The lowest BCUT2D eigenvalue weighted by Crippen LogP contribution is -2.40. The van der Waals surface area contributed by atoms with E-state index in [1.54, 1.807) is 30.3 Å². The van der Waals surface area contributed by atoms with E-state index in [0.717, 1.165) is 0 Å². The summed E-state index contributed by atoms with van der Waals surface area (Å²) < 4.78 is 0. The van der Waals surface area contributed by atoms with Crippen LogP contribution in [0.3, 0.4) is 0 Å². The molecule has 0 saturated heterocycles. The molecule has 1 aliphatic rings. The first-order valence-corrected chi connectivity index (χ1v) is 6.81. The summed E-state index contributed by atoms with van der Waals surface area (Å²) in [6.07, 6.45) is 1.60. The molecule has 0 heterocycles. The first kappa shape index (κ1) is 15.0. The molecule has 0 spiro atoms. The molecule has 1 aromatic rings. The lowest BCUT2D eigenvalue weighted by molar-refractivity contribution is -0.147. The number of carbonyl (C=O) groups excluding carboxylic acids is 1. The van der Waals surface area contributed by atoms with Gasteiger partial charge in [-0.2, -0.15) is 0 Å². The monoisotopic (exact) mass is 291 g/mol. The number of benzene rings is 1. The highest BCUT2D eigenvalue weighted by Crippen LogP contribution is 2.32. The molecule has 3 unspecified atom stereocenters. The molecule has 3 atom stereocenters. The van der Waals surface area contributed by atoms with Gasteiger partial charge in [0.1, 0.15) is 0 Å². The zero-order valence-electron chi connectivity index (χ0n) is 11.4. The number of carboxylic acids is 2. The smallest absolute Gasteiger partial charge is 0.330 e. The maximum atomic E-state index is 12.2. The van der Waals surface area contributed by atoms with Crippen molar-refractivity contribution < 1.29 is 24.6 Å². The summed E-state index contributed by atoms with van der Waals surface area (Å²) in [5.74, 6) is -4.06. The first-order valence-electron chi connectivity index (χ1n) is 6.81. The minimum atomic E-state index is -1.17. The van der Waals surface area contributed by atoms with Gasteiger partial charge in [-0.25, -0.2) is 4.79 Å². The van der Waals surface area contributed by atoms with E-state index in [-0.39, 0.29) is 0 Å². The highest BCUT2D eigenvalue weighted by molar-refractivity contribution is 5.89. The van der Waals surface area contributed by atoms with E-state index in [0.29, 0.717) is 24.8 Å². The van der Waals surface area contributed by atoms with Crippen LogP contribution in [0, 0.1) is 11.8 Å². The Kier molecular flexibility index (Phi) is 4.57. The summed E-state index contributed by atoms with van der Waals surface area (Å²) >= 11 is 0. The molecule has 0 radical (unpaired) electrons. The lowest BCUT2D eigenvalue weighted by atomic mass is 9.94. The van der Waals surface area contributed by atoms with Crippen molar-refractivity contribution in [1.29, 1.82) is 0 Å². The maximum Gasteiger partial charge on any atom is 0.330 e. The molecule has 1 aliphatic carbocycles. The van der Waals surface area contributed by atoms with Crippen LogP contribution in [0.5, 0.6) is 0 Å². The van der Waals surface area contributed by atoms with E-state index >= 15 is 0 Å². The summed E-state index contributed by atoms with van der Waals surface area (Å²) in [4.78, 5) is 34.7. The Hall–Kier alpha value is -2.37. The fourth-order valence-corrected chi connectivity index (χ4v) is 2.75. The SMILES string of the molecule is O=C(O)C(NC(=O)C1CCCC1C(=O)O)c1ccccc1. The number of carbonyl (C=O) groups is 3. The Morgan fingerprint density at radius 1 is 1.05 bits per heavy atom. The Morgan fingerprint density at radius 3 is 2.24 bits per heavy atom.